The molecule has 1 fully saturated rings. The lowest BCUT2D eigenvalue weighted by Crippen LogP contribution is -2.50. The van der Waals surface area contributed by atoms with Crippen LogP contribution in [0.4, 0.5) is 0 Å². The lowest BCUT2D eigenvalue weighted by atomic mass is 10.0. The van der Waals surface area contributed by atoms with E-state index in [0.717, 1.165) is 52.2 Å². The van der Waals surface area contributed by atoms with Crippen LogP contribution in [-0.4, -0.2) is 49.2 Å². The minimum Gasteiger partial charge on any atom is -0.344 e. The second kappa shape index (κ2) is 10.4. The van der Waals surface area contributed by atoms with Crippen LogP contribution in [-0.2, 0) is 9.59 Å². The number of amides is 2. The smallest absolute Gasteiger partial charge is 0.246 e. The maximum atomic E-state index is 13.3. The van der Waals surface area contributed by atoms with Gasteiger partial charge in [0.1, 0.15) is 11.9 Å². The molecule has 2 aromatic carbocycles. The number of carbonyl (C=O) groups is 2. The van der Waals surface area contributed by atoms with Gasteiger partial charge in [-0.15, -0.1) is 0 Å². The number of aryl methyl sites for hydroxylation is 2. The number of benzene rings is 2. The number of imidazole rings is 1. The molecule has 8 heteroatoms. The minimum atomic E-state index is -0.546. The lowest BCUT2D eigenvalue weighted by molar-refractivity contribution is -0.138. The second-order valence-electron chi connectivity index (χ2n) is 10.6. The third-order valence-corrected chi connectivity index (χ3v) is 7.39. The lowest BCUT2D eigenvalue weighted by Gasteiger charge is -2.30. The summed E-state index contributed by atoms with van der Waals surface area (Å²) in [6.45, 7) is 10.2. The first-order valence-corrected chi connectivity index (χ1v) is 13.2. The van der Waals surface area contributed by atoms with Gasteiger partial charge < -0.3 is 15.2 Å². The van der Waals surface area contributed by atoms with Crippen LogP contribution in [0.15, 0.2) is 48.8 Å². The first kappa shape index (κ1) is 25.6. The van der Waals surface area contributed by atoms with Crippen molar-refractivity contribution in [2.75, 3.05) is 6.54 Å². The maximum absolute atomic E-state index is 13.3. The van der Waals surface area contributed by atoms with Crippen LogP contribution < -0.4 is 5.32 Å². The molecule has 2 atom stereocenters. The van der Waals surface area contributed by atoms with E-state index in [4.69, 9.17) is 9.97 Å². The first-order chi connectivity index (χ1) is 18.2. The van der Waals surface area contributed by atoms with Gasteiger partial charge in [-0.3, -0.25) is 14.6 Å². The maximum Gasteiger partial charge on any atom is 0.246 e. The number of aromatic amines is 1. The molecule has 0 bridgehead atoms. The first-order valence-electron chi connectivity index (χ1n) is 13.2. The topological polar surface area (TPSA) is 104 Å². The molecule has 3 heterocycles. The average molecular weight is 511 g/mol. The van der Waals surface area contributed by atoms with E-state index in [1.807, 2.05) is 49.3 Å². The van der Waals surface area contributed by atoms with Crippen LogP contribution in [0.1, 0.15) is 56.6 Å². The SMILES string of the molecule is CC(=O)N[C@H](C(=O)N1CCC[C@H]1c1ncc(-c2ccc3nc(-c4ccc(C)c(C)c4)cnc3c2)[nH]1)C(C)C. The minimum absolute atomic E-state index is 0.00549. The van der Waals surface area contributed by atoms with Gasteiger partial charge in [0.15, 0.2) is 0 Å². The van der Waals surface area contributed by atoms with Crippen molar-refractivity contribution >= 4 is 22.8 Å². The summed E-state index contributed by atoms with van der Waals surface area (Å²) in [4.78, 5) is 44.5. The number of hydrogen-bond donors (Lipinski definition) is 2. The highest BCUT2D eigenvalue weighted by molar-refractivity contribution is 5.87. The van der Waals surface area contributed by atoms with E-state index in [0.29, 0.717) is 6.54 Å². The Morgan fingerprint density at radius 3 is 2.53 bits per heavy atom. The fourth-order valence-electron chi connectivity index (χ4n) is 5.10. The predicted octanol–water partition coefficient (Wildman–Crippen LogP) is 5.13. The summed E-state index contributed by atoms with van der Waals surface area (Å²) < 4.78 is 0. The van der Waals surface area contributed by atoms with Crippen molar-refractivity contribution in [3.8, 4) is 22.5 Å². The molecule has 0 spiro atoms. The van der Waals surface area contributed by atoms with Gasteiger partial charge >= 0.3 is 0 Å². The molecule has 0 saturated carbocycles. The molecule has 1 aliphatic rings. The van der Waals surface area contributed by atoms with Crippen LogP contribution >= 0.6 is 0 Å². The van der Waals surface area contributed by atoms with Crippen LogP contribution in [0.3, 0.4) is 0 Å². The Kier molecular flexibility index (Phi) is 6.97. The van der Waals surface area contributed by atoms with Gasteiger partial charge in [-0.25, -0.2) is 9.97 Å². The van der Waals surface area contributed by atoms with Crippen LogP contribution in [0.2, 0.25) is 0 Å². The number of rotatable bonds is 6. The molecule has 8 nitrogen and oxygen atoms in total. The van der Waals surface area contributed by atoms with E-state index in [1.54, 1.807) is 0 Å². The number of hydrogen-bond acceptors (Lipinski definition) is 5. The number of aromatic nitrogens is 4. The van der Waals surface area contributed by atoms with E-state index < -0.39 is 6.04 Å². The van der Waals surface area contributed by atoms with Crippen molar-refractivity contribution in [2.45, 2.75) is 59.5 Å². The summed E-state index contributed by atoms with van der Waals surface area (Å²) in [5, 5.41) is 2.82. The van der Waals surface area contributed by atoms with E-state index in [9.17, 15) is 9.59 Å². The normalized spacial score (nSPS) is 16.3. The van der Waals surface area contributed by atoms with Gasteiger partial charge in [-0.1, -0.05) is 32.0 Å². The monoisotopic (exact) mass is 510 g/mol. The van der Waals surface area contributed by atoms with Crippen molar-refractivity contribution in [1.82, 2.24) is 30.2 Å². The zero-order chi connectivity index (χ0) is 27.0. The third-order valence-electron chi connectivity index (χ3n) is 7.39. The Bertz CT molecular complexity index is 1510. The summed E-state index contributed by atoms with van der Waals surface area (Å²) >= 11 is 0. The fourth-order valence-corrected chi connectivity index (χ4v) is 5.10. The number of likely N-dealkylation sites (tertiary alicyclic amines) is 1. The van der Waals surface area contributed by atoms with Crippen molar-refractivity contribution < 1.29 is 9.59 Å². The molecular weight excluding hydrogens is 476 g/mol. The molecule has 5 rings (SSSR count). The van der Waals surface area contributed by atoms with E-state index in [2.05, 4.69) is 47.3 Å². The van der Waals surface area contributed by atoms with Gasteiger partial charge in [0.2, 0.25) is 11.8 Å². The molecule has 4 aromatic rings. The summed E-state index contributed by atoms with van der Waals surface area (Å²) in [7, 11) is 0. The molecule has 2 aromatic heterocycles. The molecule has 0 unspecified atom stereocenters. The molecule has 0 radical (unpaired) electrons. The standard InChI is InChI=1S/C30H34N6O2/c1-17(2)28(33-20(5)37)30(38)36-12-6-7-27(36)29-32-16-26(35-29)22-10-11-23-24(14-22)31-15-25(34-23)21-9-8-18(3)19(4)13-21/h8-11,13-17,27-28H,6-7,12H2,1-5H3,(H,32,35)(H,33,37)/t27-,28-/m0/s1. The average Bonchev–Trinajstić information content (AvgIpc) is 3.57. The largest absolute Gasteiger partial charge is 0.344 e. The Morgan fingerprint density at radius 1 is 1.00 bits per heavy atom. The Balaban J connectivity index is 1.38. The predicted molar refractivity (Wildman–Crippen MR) is 148 cm³/mol. The number of fused-ring (bicyclic) bond motifs is 1. The summed E-state index contributed by atoms with van der Waals surface area (Å²) in [6.07, 6.45) is 5.35. The van der Waals surface area contributed by atoms with Crippen molar-refractivity contribution in [2.24, 2.45) is 5.92 Å². The Labute approximate surface area is 222 Å². The van der Waals surface area contributed by atoms with Gasteiger partial charge in [0.05, 0.1) is 40.9 Å². The van der Waals surface area contributed by atoms with Crippen LogP contribution in [0, 0.1) is 19.8 Å². The molecule has 2 N–H and O–H groups in total. The molecule has 196 valence electrons. The highest BCUT2D eigenvalue weighted by atomic mass is 16.2. The fraction of sp³-hybridized carbons (Fsp3) is 0.367. The van der Waals surface area contributed by atoms with Crippen molar-refractivity contribution in [3.63, 3.8) is 0 Å². The van der Waals surface area contributed by atoms with Gasteiger partial charge in [-0.05, 0) is 61.9 Å². The molecule has 1 aliphatic heterocycles. The number of nitrogens with zero attached hydrogens (tertiary/aromatic N) is 4. The van der Waals surface area contributed by atoms with Gasteiger partial charge in [-0.2, -0.15) is 0 Å². The molecular formula is C30H34N6O2. The summed E-state index contributed by atoms with van der Waals surface area (Å²) in [5.41, 5.74) is 7.84. The van der Waals surface area contributed by atoms with Crippen LogP contribution in [0.25, 0.3) is 33.5 Å². The summed E-state index contributed by atoms with van der Waals surface area (Å²) in [5.74, 6) is 0.492. The van der Waals surface area contributed by atoms with E-state index >= 15 is 0 Å². The second-order valence-corrected chi connectivity index (χ2v) is 10.6. The van der Waals surface area contributed by atoms with Crippen molar-refractivity contribution in [1.29, 1.82) is 0 Å². The van der Waals surface area contributed by atoms with Gasteiger partial charge in [0.25, 0.3) is 0 Å². The third kappa shape index (κ3) is 5.03. The molecule has 38 heavy (non-hydrogen) atoms. The zero-order valence-electron chi connectivity index (χ0n) is 22.6. The van der Waals surface area contributed by atoms with Crippen LogP contribution in [0.5, 0.6) is 0 Å². The Morgan fingerprint density at radius 2 is 1.79 bits per heavy atom. The quantitative estimate of drug-likeness (QED) is 0.374. The Hall–Kier alpha value is -4.07. The highest BCUT2D eigenvalue weighted by Crippen LogP contribution is 2.33. The highest BCUT2D eigenvalue weighted by Gasteiger charge is 2.37. The van der Waals surface area contributed by atoms with E-state index in [-0.39, 0.29) is 23.8 Å². The molecule has 2 amide bonds. The number of nitrogens with one attached hydrogen (secondary N) is 2. The molecule has 0 aliphatic carbocycles. The van der Waals surface area contributed by atoms with Gasteiger partial charge in [0, 0.05) is 24.6 Å². The van der Waals surface area contributed by atoms with Crippen molar-refractivity contribution in [3.05, 3.63) is 65.7 Å². The number of H-pyrrole nitrogens is 1. The molecule has 1 saturated heterocycles. The summed E-state index contributed by atoms with van der Waals surface area (Å²) in [6, 6.07) is 11.6. The number of carbonyl (C=O) groups excluding carboxylic acids is 2. The zero-order valence-corrected chi connectivity index (χ0v) is 22.6. The van der Waals surface area contributed by atoms with E-state index in [1.165, 1.54) is 18.1 Å².